The van der Waals surface area contributed by atoms with Gasteiger partial charge < -0.3 is 4.90 Å². The highest BCUT2D eigenvalue weighted by Gasteiger charge is 2.12. The van der Waals surface area contributed by atoms with Gasteiger partial charge in [-0.25, -0.2) is 0 Å². The lowest BCUT2D eigenvalue weighted by molar-refractivity contribution is 1.28. The smallest absolute Gasteiger partial charge is 0.0462 e. The Hall–Kier alpha value is -1.88. The molecule has 1 nitrogen and oxygen atoms in total. The van der Waals surface area contributed by atoms with Crippen molar-refractivity contribution in [3.8, 4) is 10.4 Å². The van der Waals surface area contributed by atoms with Crippen molar-refractivity contribution >= 4 is 60.3 Å². The fraction of sp³-hybridized carbons (Fsp3) is 0. The van der Waals surface area contributed by atoms with E-state index in [9.17, 15) is 0 Å². The van der Waals surface area contributed by atoms with Crippen molar-refractivity contribution in [2.24, 2.45) is 0 Å². The minimum atomic E-state index is 1.07. The predicted octanol–water partition coefficient (Wildman–Crippen LogP) is 8.41. The maximum atomic E-state index is 3.52. The highest BCUT2D eigenvalue weighted by atomic mass is 79.9. The number of hydrogen-bond donors (Lipinski definition) is 0. The first-order valence-corrected chi connectivity index (χ1v) is 10.6. The topological polar surface area (TPSA) is 3.24 Å². The molecule has 4 heteroatoms. The van der Waals surface area contributed by atoms with Gasteiger partial charge in [0.15, 0.2) is 0 Å². The minimum absolute atomic E-state index is 1.07. The van der Waals surface area contributed by atoms with E-state index in [-0.39, 0.29) is 0 Å². The third-order valence-electron chi connectivity index (χ3n) is 4.10. The van der Waals surface area contributed by atoms with E-state index in [1.54, 1.807) is 11.3 Å². The van der Waals surface area contributed by atoms with Gasteiger partial charge in [-0.05, 0) is 77.7 Å². The quantitative estimate of drug-likeness (QED) is 0.281. The lowest BCUT2D eigenvalue weighted by Crippen LogP contribution is -2.09. The molecule has 0 N–H and O–H groups in total. The summed E-state index contributed by atoms with van der Waals surface area (Å²) >= 11 is 8.81. The van der Waals surface area contributed by atoms with Crippen LogP contribution in [0, 0.1) is 0 Å². The minimum Gasteiger partial charge on any atom is -0.311 e. The molecule has 0 saturated heterocycles. The largest absolute Gasteiger partial charge is 0.311 e. The van der Waals surface area contributed by atoms with E-state index in [1.807, 2.05) is 0 Å². The molecule has 0 spiro atoms. The van der Waals surface area contributed by atoms with E-state index >= 15 is 0 Å². The van der Waals surface area contributed by atoms with E-state index < -0.39 is 0 Å². The Morgan fingerprint density at radius 2 is 1.04 bits per heavy atom. The molecule has 0 amide bonds. The molecule has 0 atom stereocenters. The van der Waals surface area contributed by atoms with Gasteiger partial charge in [0.2, 0.25) is 0 Å². The second kappa shape index (κ2) is 7.78. The second-order valence-corrected chi connectivity index (χ2v) is 8.59. The number of benzene rings is 3. The average Bonchev–Trinajstić information content (AvgIpc) is 3.20. The molecule has 1 heterocycles. The maximum absolute atomic E-state index is 3.52. The second-order valence-electron chi connectivity index (χ2n) is 5.81. The van der Waals surface area contributed by atoms with Gasteiger partial charge in [-0.3, -0.25) is 0 Å². The molecule has 1 aromatic heterocycles. The van der Waals surface area contributed by atoms with Crippen LogP contribution in [-0.2, 0) is 0 Å². The molecule has 4 aromatic rings. The fourth-order valence-corrected chi connectivity index (χ4v) is 4.11. The van der Waals surface area contributed by atoms with Gasteiger partial charge in [0, 0.05) is 30.9 Å². The summed E-state index contributed by atoms with van der Waals surface area (Å²) in [5, 5.41) is 2.11. The number of nitrogens with zero attached hydrogens (tertiary/aromatic N) is 1. The van der Waals surface area contributed by atoms with Crippen molar-refractivity contribution in [3.63, 3.8) is 0 Å². The van der Waals surface area contributed by atoms with E-state index in [1.165, 1.54) is 10.4 Å². The van der Waals surface area contributed by atoms with E-state index in [2.05, 4.69) is 127 Å². The summed E-state index contributed by atoms with van der Waals surface area (Å²) in [5.41, 5.74) is 4.63. The molecular weight excluding hydrogens is 470 g/mol. The van der Waals surface area contributed by atoms with Crippen molar-refractivity contribution in [1.82, 2.24) is 0 Å². The SMILES string of the molecule is Brc1ccc(N(c2ccc(Br)cc2)c2ccc(-c3cccs3)cc2)cc1. The van der Waals surface area contributed by atoms with Gasteiger partial charge in [-0.2, -0.15) is 0 Å². The van der Waals surface area contributed by atoms with Gasteiger partial charge in [-0.15, -0.1) is 11.3 Å². The lowest BCUT2D eigenvalue weighted by Gasteiger charge is -2.25. The Morgan fingerprint density at radius 3 is 1.46 bits per heavy atom. The average molecular weight is 485 g/mol. The molecular formula is C22H15Br2NS. The predicted molar refractivity (Wildman–Crippen MR) is 120 cm³/mol. The van der Waals surface area contributed by atoms with Gasteiger partial charge in [0.05, 0.1) is 0 Å². The highest BCUT2D eigenvalue weighted by Crippen LogP contribution is 2.37. The number of hydrogen-bond acceptors (Lipinski definition) is 2. The number of thiophene rings is 1. The number of anilines is 3. The molecule has 0 unspecified atom stereocenters. The zero-order valence-corrected chi connectivity index (χ0v) is 17.8. The Labute approximate surface area is 174 Å². The summed E-state index contributed by atoms with van der Waals surface area (Å²) in [6.07, 6.45) is 0. The van der Waals surface area contributed by atoms with Crippen molar-refractivity contribution in [2.75, 3.05) is 4.90 Å². The Morgan fingerprint density at radius 1 is 0.577 bits per heavy atom. The molecule has 0 aliphatic rings. The van der Waals surface area contributed by atoms with Crippen molar-refractivity contribution < 1.29 is 0 Å². The summed E-state index contributed by atoms with van der Waals surface area (Å²) in [4.78, 5) is 3.55. The summed E-state index contributed by atoms with van der Waals surface area (Å²) in [7, 11) is 0. The molecule has 0 bridgehead atoms. The summed E-state index contributed by atoms with van der Waals surface area (Å²) < 4.78 is 2.15. The third kappa shape index (κ3) is 3.78. The summed E-state index contributed by atoms with van der Waals surface area (Å²) in [5.74, 6) is 0. The molecule has 0 aliphatic carbocycles. The third-order valence-corrected chi connectivity index (χ3v) is 6.08. The van der Waals surface area contributed by atoms with Gasteiger partial charge >= 0.3 is 0 Å². The van der Waals surface area contributed by atoms with Crippen molar-refractivity contribution in [1.29, 1.82) is 0 Å². The molecule has 0 fully saturated rings. The number of halogens is 2. The van der Waals surface area contributed by atoms with Crippen LogP contribution in [0.3, 0.4) is 0 Å². The highest BCUT2D eigenvalue weighted by molar-refractivity contribution is 9.10. The zero-order valence-electron chi connectivity index (χ0n) is 13.8. The maximum Gasteiger partial charge on any atom is 0.0462 e. The van der Waals surface area contributed by atoms with Crippen molar-refractivity contribution in [2.45, 2.75) is 0 Å². The van der Waals surface area contributed by atoms with Crippen LogP contribution < -0.4 is 4.90 Å². The van der Waals surface area contributed by atoms with E-state index in [0.29, 0.717) is 0 Å². The Balaban J connectivity index is 1.77. The molecule has 128 valence electrons. The van der Waals surface area contributed by atoms with Gasteiger partial charge in [0.1, 0.15) is 0 Å². The molecule has 0 radical (unpaired) electrons. The Bertz CT molecular complexity index is 931. The molecule has 3 aromatic carbocycles. The molecule has 26 heavy (non-hydrogen) atoms. The number of rotatable bonds is 4. The van der Waals surface area contributed by atoms with Crippen LogP contribution in [0.25, 0.3) is 10.4 Å². The first kappa shape index (κ1) is 17.5. The monoisotopic (exact) mass is 483 g/mol. The molecule has 0 aliphatic heterocycles. The molecule has 4 rings (SSSR count). The van der Waals surface area contributed by atoms with Crippen LogP contribution in [0.1, 0.15) is 0 Å². The van der Waals surface area contributed by atoms with Crippen LogP contribution in [0.4, 0.5) is 17.1 Å². The first-order chi connectivity index (χ1) is 12.7. The van der Waals surface area contributed by atoms with E-state index in [4.69, 9.17) is 0 Å². The zero-order chi connectivity index (χ0) is 17.9. The Kier molecular flexibility index (Phi) is 5.25. The molecule has 0 saturated carbocycles. The van der Waals surface area contributed by atoms with E-state index in [0.717, 1.165) is 26.0 Å². The fourth-order valence-electron chi connectivity index (χ4n) is 2.85. The first-order valence-electron chi connectivity index (χ1n) is 8.16. The van der Waals surface area contributed by atoms with Crippen molar-refractivity contribution in [3.05, 3.63) is 99.3 Å². The summed E-state index contributed by atoms with van der Waals surface area (Å²) in [6.45, 7) is 0. The van der Waals surface area contributed by atoms with Gasteiger partial charge in [-0.1, -0.05) is 50.1 Å². The normalized spacial score (nSPS) is 10.7. The van der Waals surface area contributed by atoms with Crippen LogP contribution in [0.15, 0.2) is 99.3 Å². The van der Waals surface area contributed by atoms with Gasteiger partial charge in [0.25, 0.3) is 0 Å². The van der Waals surface area contributed by atoms with Crippen LogP contribution in [0.5, 0.6) is 0 Å². The standard InChI is InChI=1S/C22H15Br2NS/c23-17-5-11-20(12-6-17)25(21-13-7-18(24)8-14-21)19-9-3-16(4-10-19)22-2-1-15-26-22/h1-15H. The summed E-state index contributed by atoms with van der Waals surface area (Å²) in [6, 6.07) is 29.8. The van der Waals surface area contributed by atoms with Crippen LogP contribution >= 0.6 is 43.2 Å². The lowest BCUT2D eigenvalue weighted by atomic mass is 10.1. The van der Waals surface area contributed by atoms with Crippen LogP contribution in [-0.4, -0.2) is 0 Å². The van der Waals surface area contributed by atoms with Crippen LogP contribution in [0.2, 0.25) is 0 Å².